The summed E-state index contributed by atoms with van der Waals surface area (Å²) in [6.07, 6.45) is 3.77. The van der Waals surface area contributed by atoms with Gasteiger partial charge in [-0.25, -0.2) is 19.3 Å². The summed E-state index contributed by atoms with van der Waals surface area (Å²) in [4.78, 5) is 25.3. The molecule has 0 saturated heterocycles. The van der Waals surface area contributed by atoms with Crippen LogP contribution in [0.1, 0.15) is 25.1 Å². The Morgan fingerprint density at radius 1 is 1.19 bits per heavy atom. The molecular formula is C23H19FN6O2. The number of rotatable bonds is 2. The number of aryl methyl sites for hydroxylation is 1. The first-order chi connectivity index (χ1) is 15.3. The van der Waals surface area contributed by atoms with Crippen molar-refractivity contribution >= 4 is 17.0 Å². The lowest BCUT2D eigenvalue weighted by Gasteiger charge is -2.30. The van der Waals surface area contributed by atoms with E-state index in [1.165, 1.54) is 22.8 Å². The van der Waals surface area contributed by atoms with Gasteiger partial charge in [0.05, 0.1) is 5.69 Å². The predicted molar refractivity (Wildman–Crippen MR) is 117 cm³/mol. The molecule has 1 fully saturated rings. The molecule has 3 aromatic heterocycles. The molecule has 0 bridgehead atoms. The third kappa shape index (κ3) is 3.40. The molecule has 8 nitrogen and oxygen atoms in total. The Kier molecular flexibility index (Phi) is 4.53. The lowest BCUT2D eigenvalue weighted by molar-refractivity contribution is 0.0239. The largest absolute Gasteiger partial charge is 0.382 e. The number of nitrogen functional groups attached to an aromatic ring is 1. The topological polar surface area (TPSA) is 112 Å². The summed E-state index contributed by atoms with van der Waals surface area (Å²) in [6.45, 7) is 0. The fraction of sp³-hybridized carbons (Fsp3) is 0.217. The number of pyridine rings is 1. The molecule has 3 heterocycles. The van der Waals surface area contributed by atoms with E-state index in [0.717, 1.165) is 6.42 Å². The molecule has 160 valence electrons. The van der Waals surface area contributed by atoms with Crippen molar-refractivity contribution in [3.05, 3.63) is 64.6 Å². The lowest BCUT2D eigenvalue weighted by atomic mass is 9.81. The molecule has 9 heteroatoms. The highest BCUT2D eigenvalue weighted by Crippen LogP contribution is 2.31. The van der Waals surface area contributed by atoms with Gasteiger partial charge in [-0.1, -0.05) is 18.1 Å². The van der Waals surface area contributed by atoms with Crippen LogP contribution in [-0.2, 0) is 7.05 Å². The first-order valence-corrected chi connectivity index (χ1v) is 10.1. The molecule has 1 aliphatic rings. The summed E-state index contributed by atoms with van der Waals surface area (Å²) in [5.74, 6) is 5.88. The molecule has 0 amide bonds. The number of halogens is 1. The number of hydrogen-bond acceptors (Lipinski definition) is 6. The maximum atomic E-state index is 14.0. The van der Waals surface area contributed by atoms with Crippen LogP contribution in [0.2, 0.25) is 0 Å². The summed E-state index contributed by atoms with van der Waals surface area (Å²) < 4.78 is 17.1. The van der Waals surface area contributed by atoms with E-state index >= 15 is 0 Å². The number of hydrogen-bond donors (Lipinski definition) is 2. The second-order valence-electron chi connectivity index (χ2n) is 7.86. The van der Waals surface area contributed by atoms with Gasteiger partial charge in [-0.2, -0.15) is 0 Å². The molecule has 0 aliphatic heterocycles. The van der Waals surface area contributed by atoms with Gasteiger partial charge in [0.2, 0.25) is 11.4 Å². The molecule has 0 unspecified atom stereocenters. The summed E-state index contributed by atoms with van der Waals surface area (Å²) in [7, 11) is 1.63. The van der Waals surface area contributed by atoms with Crippen molar-refractivity contribution in [2.45, 2.75) is 24.9 Å². The van der Waals surface area contributed by atoms with Crippen LogP contribution in [0.4, 0.5) is 10.2 Å². The van der Waals surface area contributed by atoms with Gasteiger partial charge in [0.1, 0.15) is 17.2 Å². The van der Waals surface area contributed by atoms with Gasteiger partial charge in [-0.05, 0) is 43.4 Å². The maximum Gasteiger partial charge on any atom is 0.250 e. The number of benzene rings is 1. The van der Waals surface area contributed by atoms with Crippen LogP contribution in [0.5, 0.6) is 0 Å². The van der Waals surface area contributed by atoms with Crippen molar-refractivity contribution < 1.29 is 9.50 Å². The highest BCUT2D eigenvalue weighted by atomic mass is 19.1. The second-order valence-corrected chi connectivity index (χ2v) is 7.86. The number of nitrogens with zero attached hydrogens (tertiary/aromatic N) is 5. The van der Waals surface area contributed by atoms with Gasteiger partial charge < -0.3 is 15.4 Å². The minimum absolute atomic E-state index is 0.112. The summed E-state index contributed by atoms with van der Waals surface area (Å²) >= 11 is 0. The maximum absolute atomic E-state index is 14.0. The van der Waals surface area contributed by atoms with Gasteiger partial charge >= 0.3 is 0 Å². The quantitative estimate of drug-likeness (QED) is 0.472. The fourth-order valence-corrected chi connectivity index (χ4v) is 3.62. The van der Waals surface area contributed by atoms with E-state index in [1.807, 2.05) is 0 Å². The SMILES string of the molecule is Cn1cc(-n2c(-c3cccc(F)c3)nc3c(N)nc(C#CC4(O)CCC4)nc32)ccc1=O. The third-order valence-electron chi connectivity index (χ3n) is 5.53. The van der Waals surface area contributed by atoms with Crippen molar-refractivity contribution in [2.24, 2.45) is 7.05 Å². The van der Waals surface area contributed by atoms with Crippen molar-refractivity contribution in [1.82, 2.24) is 24.1 Å². The molecule has 1 saturated carbocycles. The number of imidazole rings is 1. The highest BCUT2D eigenvalue weighted by Gasteiger charge is 2.32. The van der Waals surface area contributed by atoms with Crippen LogP contribution in [0, 0.1) is 17.7 Å². The van der Waals surface area contributed by atoms with E-state index in [0.29, 0.717) is 41.1 Å². The van der Waals surface area contributed by atoms with E-state index in [9.17, 15) is 14.3 Å². The fourth-order valence-electron chi connectivity index (χ4n) is 3.62. The van der Waals surface area contributed by atoms with E-state index in [1.54, 1.807) is 36.0 Å². The zero-order chi connectivity index (χ0) is 22.5. The van der Waals surface area contributed by atoms with Gasteiger partial charge in [-0.15, -0.1) is 0 Å². The normalized spacial score (nSPS) is 14.6. The number of fused-ring (bicyclic) bond motifs is 1. The second kappa shape index (κ2) is 7.28. The van der Waals surface area contributed by atoms with E-state index in [2.05, 4.69) is 26.8 Å². The Morgan fingerprint density at radius 2 is 2.00 bits per heavy atom. The number of anilines is 1. The predicted octanol–water partition coefficient (Wildman–Crippen LogP) is 2.17. The van der Waals surface area contributed by atoms with Crippen LogP contribution in [0.25, 0.3) is 28.2 Å². The van der Waals surface area contributed by atoms with Gasteiger partial charge in [0.15, 0.2) is 17.0 Å². The first kappa shape index (κ1) is 19.9. The molecule has 3 N–H and O–H groups in total. The summed E-state index contributed by atoms with van der Waals surface area (Å²) in [6, 6.07) is 9.06. The number of aliphatic hydroxyl groups is 1. The van der Waals surface area contributed by atoms with Crippen LogP contribution in [0.15, 0.2) is 47.4 Å². The molecule has 4 aromatic rings. The third-order valence-corrected chi connectivity index (χ3v) is 5.53. The zero-order valence-corrected chi connectivity index (χ0v) is 17.2. The Bertz CT molecular complexity index is 1490. The average molecular weight is 430 g/mol. The Labute approximate surface area is 182 Å². The molecule has 32 heavy (non-hydrogen) atoms. The molecular weight excluding hydrogens is 411 g/mol. The van der Waals surface area contributed by atoms with Crippen molar-refractivity contribution in [3.8, 4) is 28.9 Å². The molecule has 5 rings (SSSR count). The molecule has 0 atom stereocenters. The minimum Gasteiger partial charge on any atom is -0.382 e. The van der Waals surface area contributed by atoms with Crippen LogP contribution in [0.3, 0.4) is 0 Å². The smallest absolute Gasteiger partial charge is 0.250 e. The Hall–Kier alpha value is -4.03. The minimum atomic E-state index is -1.02. The van der Waals surface area contributed by atoms with Crippen LogP contribution < -0.4 is 11.3 Å². The van der Waals surface area contributed by atoms with Gasteiger partial charge in [0, 0.05) is 24.9 Å². The average Bonchev–Trinajstić information content (AvgIpc) is 3.13. The van der Waals surface area contributed by atoms with E-state index in [-0.39, 0.29) is 17.2 Å². The summed E-state index contributed by atoms with van der Waals surface area (Å²) in [5, 5.41) is 10.3. The van der Waals surface area contributed by atoms with Crippen molar-refractivity contribution in [2.75, 3.05) is 5.73 Å². The molecule has 1 aliphatic carbocycles. The van der Waals surface area contributed by atoms with Crippen molar-refractivity contribution in [3.63, 3.8) is 0 Å². The highest BCUT2D eigenvalue weighted by molar-refractivity contribution is 5.87. The first-order valence-electron chi connectivity index (χ1n) is 10.1. The van der Waals surface area contributed by atoms with Crippen molar-refractivity contribution in [1.29, 1.82) is 0 Å². The van der Waals surface area contributed by atoms with E-state index < -0.39 is 11.4 Å². The summed E-state index contributed by atoms with van der Waals surface area (Å²) in [5.41, 5.74) is 6.76. The number of aromatic nitrogens is 5. The lowest BCUT2D eigenvalue weighted by Crippen LogP contribution is -2.34. The van der Waals surface area contributed by atoms with Gasteiger partial charge in [-0.3, -0.25) is 9.36 Å². The van der Waals surface area contributed by atoms with Crippen LogP contribution in [-0.4, -0.2) is 34.8 Å². The number of nitrogens with two attached hydrogens (primary N) is 1. The van der Waals surface area contributed by atoms with Gasteiger partial charge in [0.25, 0.3) is 0 Å². The molecule has 1 aromatic carbocycles. The Balaban J connectivity index is 1.78. The monoisotopic (exact) mass is 430 g/mol. The molecule has 0 radical (unpaired) electrons. The van der Waals surface area contributed by atoms with Crippen LogP contribution >= 0.6 is 0 Å². The Morgan fingerprint density at radius 3 is 2.69 bits per heavy atom. The standard InChI is InChI=1S/C23H19FN6O2/c1-29-13-16(6-7-18(29)31)30-21(14-4-2-5-15(24)12-14)28-19-20(25)26-17(27-22(19)30)8-11-23(32)9-3-10-23/h2,4-7,12-13,32H,3,9-10H2,1H3,(H2,25,26,27). The van der Waals surface area contributed by atoms with E-state index in [4.69, 9.17) is 5.73 Å². The zero-order valence-electron chi connectivity index (χ0n) is 17.2. The molecule has 0 spiro atoms.